The van der Waals surface area contributed by atoms with E-state index < -0.39 is 29.5 Å². The normalized spacial score (nSPS) is 11.4. The molecule has 164 valence electrons. The second kappa shape index (κ2) is 9.13. The third-order valence-electron chi connectivity index (χ3n) is 4.25. The van der Waals surface area contributed by atoms with E-state index in [1.54, 1.807) is 0 Å². The van der Waals surface area contributed by atoms with Crippen LogP contribution in [0.1, 0.15) is 17.0 Å². The van der Waals surface area contributed by atoms with Gasteiger partial charge in [0.1, 0.15) is 11.6 Å². The van der Waals surface area contributed by atoms with E-state index in [9.17, 15) is 26.7 Å². The Morgan fingerprint density at radius 2 is 1.87 bits per heavy atom. The summed E-state index contributed by atoms with van der Waals surface area (Å²) in [5, 5.41) is 17.1. The van der Waals surface area contributed by atoms with Crippen molar-refractivity contribution >= 4 is 11.7 Å². The van der Waals surface area contributed by atoms with Crippen molar-refractivity contribution in [2.75, 3.05) is 11.9 Å². The number of nitrogens with zero attached hydrogens (tertiary/aromatic N) is 2. The van der Waals surface area contributed by atoms with Gasteiger partial charge in [0.15, 0.2) is 5.69 Å². The number of carbonyl (C=O) groups excluding carboxylic acids is 1. The van der Waals surface area contributed by atoms with Gasteiger partial charge in [-0.3, -0.25) is 0 Å². The van der Waals surface area contributed by atoms with Crippen molar-refractivity contribution in [1.29, 1.82) is 0 Å². The molecule has 1 aromatic heterocycles. The summed E-state index contributed by atoms with van der Waals surface area (Å²) < 4.78 is 67.5. The molecule has 1 heterocycles. The van der Waals surface area contributed by atoms with Crippen molar-refractivity contribution < 1.29 is 31.9 Å². The molecule has 0 saturated heterocycles. The van der Waals surface area contributed by atoms with Crippen LogP contribution in [-0.4, -0.2) is 27.5 Å². The number of urea groups is 1. The number of hydrogen-bond acceptors (Lipinski definition) is 3. The Morgan fingerprint density at radius 3 is 2.52 bits per heavy atom. The summed E-state index contributed by atoms with van der Waals surface area (Å²) in [4.78, 5) is 12.1. The Kier molecular flexibility index (Phi) is 6.54. The van der Waals surface area contributed by atoms with E-state index >= 15 is 0 Å². The number of alkyl halides is 3. The summed E-state index contributed by atoms with van der Waals surface area (Å²) in [7, 11) is 0. The molecule has 6 nitrogen and oxygen atoms in total. The minimum atomic E-state index is -4.73. The largest absolute Gasteiger partial charge is 0.435 e. The Bertz CT molecular complexity index is 1080. The molecule has 3 aromatic rings. The molecule has 11 heteroatoms. The number of aliphatic hydroxyl groups is 1. The van der Waals surface area contributed by atoms with Crippen molar-refractivity contribution in [3.8, 4) is 5.69 Å². The van der Waals surface area contributed by atoms with Crippen LogP contribution in [0.3, 0.4) is 0 Å². The SMILES string of the molecule is O=C(NCc1cc(C(F)(F)F)nn1-c1cccc(F)c1)Nc1ccc(CCO)c(F)c1. The molecule has 0 aliphatic heterocycles. The Hall–Kier alpha value is -3.47. The third kappa shape index (κ3) is 5.57. The molecule has 3 rings (SSSR count). The summed E-state index contributed by atoms with van der Waals surface area (Å²) in [6, 6.07) is 8.66. The zero-order chi connectivity index (χ0) is 22.6. The van der Waals surface area contributed by atoms with Gasteiger partial charge < -0.3 is 15.7 Å². The number of nitrogens with one attached hydrogen (secondary N) is 2. The number of benzene rings is 2. The molecular formula is C20H17F5N4O2. The van der Waals surface area contributed by atoms with Gasteiger partial charge in [0, 0.05) is 12.3 Å². The number of rotatable bonds is 6. The van der Waals surface area contributed by atoms with Gasteiger partial charge in [-0.2, -0.15) is 18.3 Å². The maximum atomic E-state index is 13.9. The molecule has 0 aliphatic rings. The first-order valence-electron chi connectivity index (χ1n) is 9.03. The van der Waals surface area contributed by atoms with Crippen LogP contribution >= 0.6 is 0 Å². The van der Waals surface area contributed by atoms with Crippen LogP contribution in [0.15, 0.2) is 48.5 Å². The smallest absolute Gasteiger partial charge is 0.396 e. The quantitative estimate of drug-likeness (QED) is 0.507. The minimum Gasteiger partial charge on any atom is -0.396 e. The Balaban J connectivity index is 1.75. The summed E-state index contributed by atoms with van der Waals surface area (Å²) >= 11 is 0. The Morgan fingerprint density at radius 1 is 1.10 bits per heavy atom. The van der Waals surface area contributed by atoms with Crippen LogP contribution < -0.4 is 10.6 Å². The van der Waals surface area contributed by atoms with Crippen molar-refractivity contribution in [3.05, 3.63) is 77.1 Å². The summed E-state index contributed by atoms with van der Waals surface area (Å²) in [6.45, 7) is -0.598. The average Bonchev–Trinajstić information content (AvgIpc) is 3.13. The highest BCUT2D eigenvalue weighted by molar-refractivity contribution is 5.89. The molecule has 2 amide bonds. The molecule has 0 radical (unpaired) electrons. The van der Waals surface area contributed by atoms with Crippen LogP contribution in [0.25, 0.3) is 5.69 Å². The van der Waals surface area contributed by atoms with Gasteiger partial charge in [0.25, 0.3) is 0 Å². The van der Waals surface area contributed by atoms with Crippen LogP contribution in [0, 0.1) is 11.6 Å². The zero-order valence-corrected chi connectivity index (χ0v) is 15.9. The number of aromatic nitrogens is 2. The van der Waals surface area contributed by atoms with Crippen LogP contribution in [0.2, 0.25) is 0 Å². The van der Waals surface area contributed by atoms with Gasteiger partial charge in [0.2, 0.25) is 0 Å². The lowest BCUT2D eigenvalue weighted by molar-refractivity contribution is -0.141. The second-order valence-electron chi connectivity index (χ2n) is 6.50. The number of aliphatic hydroxyl groups excluding tert-OH is 1. The predicted octanol–water partition coefficient (Wildman–Crippen LogP) is 4.03. The first-order valence-corrected chi connectivity index (χ1v) is 9.03. The predicted molar refractivity (Wildman–Crippen MR) is 102 cm³/mol. The summed E-state index contributed by atoms with van der Waals surface area (Å²) in [6.07, 6.45) is -4.62. The maximum Gasteiger partial charge on any atom is 0.435 e. The van der Waals surface area contributed by atoms with E-state index in [0.717, 1.165) is 28.9 Å². The van der Waals surface area contributed by atoms with Gasteiger partial charge >= 0.3 is 12.2 Å². The third-order valence-corrected chi connectivity index (χ3v) is 4.25. The molecule has 0 bridgehead atoms. The van der Waals surface area contributed by atoms with Gasteiger partial charge in [-0.15, -0.1) is 0 Å². The topological polar surface area (TPSA) is 79.2 Å². The standard InChI is InChI=1S/C20H17F5N4O2/c21-13-2-1-3-15(8-13)29-16(10-18(28-29)20(23,24)25)11-26-19(31)27-14-5-4-12(6-7-30)17(22)9-14/h1-5,8-10,30H,6-7,11H2,(H2,26,27,31). The number of halogens is 5. The summed E-state index contributed by atoms with van der Waals surface area (Å²) in [5.74, 6) is -1.28. The van der Waals surface area contributed by atoms with Crippen molar-refractivity contribution in [2.45, 2.75) is 19.1 Å². The van der Waals surface area contributed by atoms with Gasteiger partial charge in [-0.25, -0.2) is 18.3 Å². The van der Waals surface area contributed by atoms with Gasteiger partial charge in [-0.1, -0.05) is 12.1 Å². The highest BCUT2D eigenvalue weighted by Crippen LogP contribution is 2.29. The fourth-order valence-electron chi connectivity index (χ4n) is 2.81. The molecule has 0 spiro atoms. The summed E-state index contributed by atoms with van der Waals surface area (Å²) in [5.41, 5.74) is -0.805. The van der Waals surface area contributed by atoms with Crippen LogP contribution in [0.5, 0.6) is 0 Å². The first kappa shape index (κ1) is 22.2. The van der Waals surface area contributed by atoms with Crippen molar-refractivity contribution in [1.82, 2.24) is 15.1 Å². The number of hydrogen-bond donors (Lipinski definition) is 3. The van der Waals surface area contributed by atoms with Crippen LogP contribution in [-0.2, 0) is 19.1 Å². The average molecular weight is 440 g/mol. The van der Waals surface area contributed by atoms with Crippen molar-refractivity contribution in [3.63, 3.8) is 0 Å². The lowest BCUT2D eigenvalue weighted by atomic mass is 10.1. The first-order chi connectivity index (χ1) is 14.7. The van der Waals surface area contributed by atoms with E-state index in [-0.39, 0.29) is 42.2 Å². The highest BCUT2D eigenvalue weighted by Gasteiger charge is 2.35. The van der Waals surface area contributed by atoms with Gasteiger partial charge in [0.05, 0.1) is 17.9 Å². The monoisotopic (exact) mass is 440 g/mol. The molecule has 0 atom stereocenters. The van der Waals surface area contributed by atoms with E-state index in [1.807, 2.05) is 0 Å². The number of amides is 2. The van der Waals surface area contributed by atoms with Gasteiger partial charge in [-0.05, 0) is 48.4 Å². The highest BCUT2D eigenvalue weighted by atomic mass is 19.4. The number of anilines is 1. The van der Waals surface area contributed by atoms with E-state index in [1.165, 1.54) is 24.3 Å². The second-order valence-corrected chi connectivity index (χ2v) is 6.50. The maximum absolute atomic E-state index is 13.9. The van der Waals surface area contributed by atoms with Crippen LogP contribution in [0.4, 0.5) is 32.4 Å². The molecule has 0 saturated carbocycles. The molecule has 3 N–H and O–H groups in total. The lowest BCUT2D eigenvalue weighted by Crippen LogP contribution is -2.29. The molecule has 31 heavy (non-hydrogen) atoms. The molecular weight excluding hydrogens is 423 g/mol. The van der Waals surface area contributed by atoms with E-state index in [0.29, 0.717) is 0 Å². The lowest BCUT2D eigenvalue weighted by Gasteiger charge is -2.11. The molecule has 2 aromatic carbocycles. The Labute approximate surface area is 173 Å². The number of carbonyl (C=O) groups is 1. The van der Waals surface area contributed by atoms with E-state index in [4.69, 9.17) is 5.11 Å². The fraction of sp³-hybridized carbons (Fsp3) is 0.200. The molecule has 0 fully saturated rings. The molecule has 0 unspecified atom stereocenters. The van der Waals surface area contributed by atoms with Crippen molar-refractivity contribution in [2.24, 2.45) is 0 Å². The molecule has 0 aliphatic carbocycles. The minimum absolute atomic E-state index is 0.0439. The zero-order valence-electron chi connectivity index (χ0n) is 15.9. The van der Waals surface area contributed by atoms with E-state index in [2.05, 4.69) is 15.7 Å². The fourth-order valence-corrected chi connectivity index (χ4v) is 2.81.